The molecule has 1 aromatic heterocycles. The fourth-order valence-corrected chi connectivity index (χ4v) is 2.66. The molecule has 4 nitrogen and oxygen atoms in total. The summed E-state index contributed by atoms with van der Waals surface area (Å²) in [6, 6.07) is 11.2. The number of rotatable bonds is 3. The molecule has 0 saturated heterocycles. The number of hydrogen-bond acceptors (Lipinski definition) is 3. The summed E-state index contributed by atoms with van der Waals surface area (Å²) in [6.45, 7) is 0. The lowest BCUT2D eigenvalue weighted by atomic mass is 9.90. The van der Waals surface area contributed by atoms with Gasteiger partial charge in [0.1, 0.15) is 5.82 Å². The van der Waals surface area contributed by atoms with Gasteiger partial charge in [0.05, 0.1) is 0 Å². The first-order valence-electron chi connectivity index (χ1n) is 6.82. The van der Waals surface area contributed by atoms with E-state index in [1.54, 1.807) is 12.1 Å². The number of aromatic nitrogens is 1. The van der Waals surface area contributed by atoms with Crippen molar-refractivity contribution in [2.24, 2.45) is 0 Å². The minimum absolute atomic E-state index is 0.0554. The monoisotopic (exact) mass is 268 g/mol. The topological polar surface area (TPSA) is 62.2 Å². The van der Waals surface area contributed by atoms with Crippen molar-refractivity contribution < 1.29 is 9.90 Å². The molecule has 0 spiro atoms. The molecule has 1 aliphatic carbocycles. The van der Waals surface area contributed by atoms with E-state index in [1.165, 1.54) is 30.0 Å². The summed E-state index contributed by atoms with van der Waals surface area (Å²) < 4.78 is 0. The summed E-state index contributed by atoms with van der Waals surface area (Å²) in [5, 5.41) is 12.2. The zero-order valence-electron chi connectivity index (χ0n) is 11.1. The van der Waals surface area contributed by atoms with Crippen molar-refractivity contribution in [3.8, 4) is 0 Å². The van der Waals surface area contributed by atoms with Crippen LogP contribution in [0.4, 0.5) is 11.5 Å². The molecule has 0 radical (unpaired) electrons. The van der Waals surface area contributed by atoms with Crippen LogP contribution in [-0.2, 0) is 12.8 Å². The van der Waals surface area contributed by atoms with Gasteiger partial charge < -0.3 is 10.4 Å². The highest BCUT2D eigenvalue weighted by atomic mass is 16.4. The third-order valence-electron chi connectivity index (χ3n) is 3.63. The minimum Gasteiger partial charge on any atom is -0.477 e. The van der Waals surface area contributed by atoms with Gasteiger partial charge in [-0.15, -0.1) is 0 Å². The largest absolute Gasteiger partial charge is 0.477 e. The highest BCUT2D eigenvalue weighted by molar-refractivity contribution is 5.85. The Morgan fingerprint density at radius 3 is 2.75 bits per heavy atom. The smallest absolute Gasteiger partial charge is 0.354 e. The average Bonchev–Trinajstić information content (AvgIpc) is 2.48. The van der Waals surface area contributed by atoms with E-state index in [9.17, 15) is 4.79 Å². The summed E-state index contributed by atoms with van der Waals surface area (Å²) in [5.74, 6) is -0.437. The summed E-state index contributed by atoms with van der Waals surface area (Å²) in [7, 11) is 0. The second-order valence-electron chi connectivity index (χ2n) is 4.99. The Hall–Kier alpha value is -2.36. The Bertz CT molecular complexity index is 653. The number of carboxylic acid groups (broad SMARTS) is 1. The Balaban J connectivity index is 1.91. The predicted molar refractivity (Wildman–Crippen MR) is 77.6 cm³/mol. The van der Waals surface area contributed by atoms with Crippen LogP contribution in [0, 0.1) is 0 Å². The molecule has 1 aliphatic rings. The molecule has 0 aliphatic heterocycles. The van der Waals surface area contributed by atoms with E-state index in [-0.39, 0.29) is 5.69 Å². The number of benzene rings is 1. The second kappa shape index (κ2) is 5.33. The van der Waals surface area contributed by atoms with Crippen molar-refractivity contribution in [2.45, 2.75) is 25.7 Å². The fourth-order valence-electron chi connectivity index (χ4n) is 2.66. The van der Waals surface area contributed by atoms with Crippen molar-refractivity contribution in [1.29, 1.82) is 0 Å². The number of nitrogens with one attached hydrogen (secondary N) is 1. The van der Waals surface area contributed by atoms with Gasteiger partial charge in [-0.3, -0.25) is 0 Å². The molecule has 0 amide bonds. The molecule has 0 bridgehead atoms. The number of pyridine rings is 1. The Labute approximate surface area is 117 Å². The summed E-state index contributed by atoms with van der Waals surface area (Å²) in [5.41, 5.74) is 3.81. The van der Waals surface area contributed by atoms with Crippen LogP contribution in [0.1, 0.15) is 34.5 Å². The predicted octanol–water partition coefficient (Wildman–Crippen LogP) is 3.40. The molecule has 2 N–H and O–H groups in total. The van der Waals surface area contributed by atoms with Crippen LogP contribution in [0.15, 0.2) is 36.4 Å². The molecular weight excluding hydrogens is 252 g/mol. The van der Waals surface area contributed by atoms with Gasteiger partial charge in [-0.25, -0.2) is 9.78 Å². The van der Waals surface area contributed by atoms with E-state index in [0.29, 0.717) is 5.82 Å². The molecular formula is C16H16N2O2. The van der Waals surface area contributed by atoms with Gasteiger partial charge in [-0.05, 0) is 55.0 Å². The Morgan fingerprint density at radius 1 is 1.10 bits per heavy atom. The van der Waals surface area contributed by atoms with Crippen LogP contribution in [-0.4, -0.2) is 16.1 Å². The van der Waals surface area contributed by atoms with Crippen LogP contribution in [0.25, 0.3) is 0 Å². The van der Waals surface area contributed by atoms with Gasteiger partial charge in [0.2, 0.25) is 0 Å². The fraction of sp³-hybridized carbons (Fsp3) is 0.250. The van der Waals surface area contributed by atoms with Crippen molar-refractivity contribution >= 4 is 17.5 Å². The molecule has 20 heavy (non-hydrogen) atoms. The van der Waals surface area contributed by atoms with Gasteiger partial charge in [-0.2, -0.15) is 0 Å². The molecule has 0 saturated carbocycles. The maximum atomic E-state index is 10.9. The minimum atomic E-state index is -1.01. The molecule has 1 aromatic carbocycles. The zero-order chi connectivity index (χ0) is 13.9. The number of carbonyl (C=O) groups is 1. The Morgan fingerprint density at radius 2 is 1.90 bits per heavy atom. The van der Waals surface area contributed by atoms with Gasteiger partial charge in [0.15, 0.2) is 5.69 Å². The third-order valence-corrected chi connectivity index (χ3v) is 3.63. The number of anilines is 2. The van der Waals surface area contributed by atoms with E-state index >= 15 is 0 Å². The number of aromatic carboxylic acids is 1. The molecule has 1 heterocycles. The van der Waals surface area contributed by atoms with Gasteiger partial charge >= 0.3 is 5.97 Å². The van der Waals surface area contributed by atoms with E-state index in [0.717, 1.165) is 18.5 Å². The van der Waals surface area contributed by atoms with Gasteiger partial charge in [-0.1, -0.05) is 18.2 Å². The summed E-state index contributed by atoms with van der Waals surface area (Å²) >= 11 is 0. The van der Waals surface area contributed by atoms with E-state index in [1.807, 2.05) is 12.1 Å². The molecule has 0 fully saturated rings. The lowest BCUT2D eigenvalue weighted by molar-refractivity contribution is 0.0690. The number of fused-ring (bicyclic) bond motifs is 1. The average molecular weight is 268 g/mol. The number of carboxylic acids is 1. The maximum absolute atomic E-state index is 10.9. The highest BCUT2D eigenvalue weighted by Crippen LogP contribution is 2.29. The molecule has 0 unspecified atom stereocenters. The number of aryl methyl sites for hydroxylation is 1. The molecule has 2 aromatic rings. The first kappa shape index (κ1) is 12.7. The summed E-state index contributed by atoms with van der Waals surface area (Å²) in [6.07, 6.45) is 4.63. The van der Waals surface area contributed by atoms with Gasteiger partial charge in [0.25, 0.3) is 0 Å². The first-order valence-corrected chi connectivity index (χ1v) is 6.82. The quantitative estimate of drug-likeness (QED) is 0.895. The van der Waals surface area contributed by atoms with Crippen molar-refractivity contribution in [3.05, 3.63) is 53.2 Å². The lowest BCUT2D eigenvalue weighted by Crippen LogP contribution is -2.07. The van der Waals surface area contributed by atoms with Crippen molar-refractivity contribution in [3.63, 3.8) is 0 Å². The van der Waals surface area contributed by atoms with Crippen molar-refractivity contribution in [1.82, 2.24) is 4.98 Å². The van der Waals surface area contributed by atoms with Crippen LogP contribution in [0.2, 0.25) is 0 Å². The van der Waals surface area contributed by atoms with Crippen LogP contribution in [0.3, 0.4) is 0 Å². The molecule has 102 valence electrons. The highest BCUT2D eigenvalue weighted by Gasteiger charge is 2.13. The Kier molecular flexibility index (Phi) is 3.37. The standard InChI is InChI=1S/C16H16N2O2/c19-16(20)14-9-4-10-15(18-14)17-13-8-3-6-11-5-1-2-7-12(11)13/h3-4,6,8-10H,1-2,5,7H2,(H,17,18)(H,19,20). The maximum Gasteiger partial charge on any atom is 0.354 e. The summed E-state index contributed by atoms with van der Waals surface area (Å²) in [4.78, 5) is 15.1. The molecule has 0 atom stereocenters. The molecule has 3 rings (SSSR count). The van der Waals surface area contributed by atoms with E-state index < -0.39 is 5.97 Å². The van der Waals surface area contributed by atoms with Crippen molar-refractivity contribution in [2.75, 3.05) is 5.32 Å². The number of hydrogen-bond donors (Lipinski definition) is 2. The van der Waals surface area contributed by atoms with E-state index in [4.69, 9.17) is 5.11 Å². The van der Waals surface area contributed by atoms with E-state index in [2.05, 4.69) is 16.4 Å². The van der Waals surface area contributed by atoms with Crippen LogP contribution in [0.5, 0.6) is 0 Å². The zero-order valence-corrected chi connectivity index (χ0v) is 11.1. The SMILES string of the molecule is O=C(O)c1cccc(Nc2cccc3c2CCCC3)n1. The second-order valence-corrected chi connectivity index (χ2v) is 4.99. The van der Waals surface area contributed by atoms with Crippen LogP contribution < -0.4 is 5.32 Å². The first-order chi connectivity index (χ1) is 9.74. The molecule has 4 heteroatoms. The lowest BCUT2D eigenvalue weighted by Gasteiger charge is -2.19. The third kappa shape index (κ3) is 2.50. The van der Waals surface area contributed by atoms with Crippen LogP contribution >= 0.6 is 0 Å². The normalized spacial score (nSPS) is 13.6. The van der Waals surface area contributed by atoms with Gasteiger partial charge in [0, 0.05) is 5.69 Å². The number of nitrogens with zero attached hydrogens (tertiary/aromatic N) is 1.